The highest BCUT2D eigenvalue weighted by molar-refractivity contribution is 5.90. The smallest absolute Gasteiger partial charge is 0.337 e. The molecule has 0 unspecified atom stereocenters. The van der Waals surface area contributed by atoms with E-state index in [4.69, 9.17) is 5.26 Å². The molecule has 0 heterocycles. The molecule has 0 amide bonds. The number of hydrogen-bond acceptors (Lipinski definition) is 5. The number of esters is 1. The number of rotatable bonds is 3. The topological polar surface area (TPSA) is 93.2 Å². The van der Waals surface area contributed by atoms with Crippen LogP contribution in [0, 0.1) is 21.4 Å². The Morgan fingerprint density at radius 2 is 2.31 bits per heavy atom. The summed E-state index contributed by atoms with van der Waals surface area (Å²) in [5.74, 6) is -0.589. The van der Waals surface area contributed by atoms with E-state index in [9.17, 15) is 14.9 Å². The van der Waals surface area contributed by atoms with E-state index in [2.05, 4.69) is 4.74 Å². The van der Waals surface area contributed by atoms with Crippen LogP contribution in [-0.4, -0.2) is 18.0 Å². The minimum atomic E-state index is -0.590. The zero-order chi connectivity index (χ0) is 12.1. The number of methoxy groups -OCH3 is 1. The zero-order valence-electron chi connectivity index (χ0n) is 8.47. The minimum Gasteiger partial charge on any atom is -0.465 e. The molecular weight excluding hydrogens is 212 g/mol. The lowest BCUT2D eigenvalue weighted by molar-refractivity contribution is -0.385. The van der Waals surface area contributed by atoms with Crippen LogP contribution in [0.4, 0.5) is 5.69 Å². The molecule has 0 atom stereocenters. The molecule has 0 saturated heterocycles. The van der Waals surface area contributed by atoms with Gasteiger partial charge >= 0.3 is 5.97 Å². The third kappa shape index (κ3) is 2.33. The summed E-state index contributed by atoms with van der Waals surface area (Å²) in [4.78, 5) is 21.2. The van der Waals surface area contributed by atoms with E-state index in [1.165, 1.54) is 25.3 Å². The molecule has 0 fully saturated rings. The fraction of sp³-hybridized carbons (Fsp3) is 0.200. The maximum Gasteiger partial charge on any atom is 0.337 e. The van der Waals surface area contributed by atoms with Gasteiger partial charge in [-0.2, -0.15) is 5.26 Å². The molecule has 16 heavy (non-hydrogen) atoms. The van der Waals surface area contributed by atoms with E-state index in [0.717, 1.165) is 0 Å². The first-order valence-corrected chi connectivity index (χ1v) is 4.32. The molecule has 0 spiro atoms. The zero-order valence-corrected chi connectivity index (χ0v) is 8.47. The Hall–Kier alpha value is -2.42. The van der Waals surface area contributed by atoms with Crippen molar-refractivity contribution in [3.05, 3.63) is 39.4 Å². The molecule has 1 aromatic carbocycles. The molecule has 1 aromatic rings. The Bertz CT molecular complexity index is 476. The van der Waals surface area contributed by atoms with Gasteiger partial charge in [0.05, 0.1) is 30.1 Å². The van der Waals surface area contributed by atoms with E-state index in [-0.39, 0.29) is 23.2 Å². The third-order valence-corrected chi connectivity index (χ3v) is 1.97. The van der Waals surface area contributed by atoms with E-state index in [1.54, 1.807) is 6.07 Å². The maximum absolute atomic E-state index is 11.2. The van der Waals surface area contributed by atoms with Gasteiger partial charge in [-0.05, 0) is 12.1 Å². The molecule has 0 aliphatic heterocycles. The number of ether oxygens (including phenoxy) is 1. The van der Waals surface area contributed by atoms with Gasteiger partial charge < -0.3 is 4.74 Å². The highest BCUT2D eigenvalue weighted by Crippen LogP contribution is 2.20. The lowest BCUT2D eigenvalue weighted by atomic mass is 10.1. The highest BCUT2D eigenvalue weighted by Gasteiger charge is 2.16. The minimum absolute atomic E-state index is 0.124. The monoisotopic (exact) mass is 220 g/mol. The summed E-state index contributed by atoms with van der Waals surface area (Å²) in [6, 6.07) is 5.60. The Morgan fingerprint density at radius 1 is 1.62 bits per heavy atom. The standard InChI is InChI=1S/C10H8N2O4/c1-16-10(13)8-2-3-9(12(14)15)7(6-8)4-5-11/h2-3,6H,4H2,1H3. The predicted molar refractivity (Wildman–Crippen MR) is 53.8 cm³/mol. The predicted octanol–water partition coefficient (Wildman–Crippen LogP) is 1.45. The van der Waals surface area contributed by atoms with E-state index in [1.807, 2.05) is 0 Å². The number of carbonyl (C=O) groups is 1. The van der Waals surface area contributed by atoms with Gasteiger partial charge in [-0.3, -0.25) is 10.1 Å². The van der Waals surface area contributed by atoms with Crippen molar-refractivity contribution >= 4 is 11.7 Å². The van der Waals surface area contributed by atoms with Gasteiger partial charge in [0, 0.05) is 11.6 Å². The Morgan fingerprint density at radius 3 is 2.81 bits per heavy atom. The van der Waals surface area contributed by atoms with Crippen LogP contribution < -0.4 is 0 Å². The van der Waals surface area contributed by atoms with Crippen LogP contribution in [0.25, 0.3) is 0 Å². The molecular formula is C10H8N2O4. The maximum atomic E-state index is 11.2. The molecule has 0 bridgehead atoms. The summed E-state index contributed by atoms with van der Waals surface area (Å²) in [5.41, 5.74) is 0.225. The molecule has 0 aliphatic carbocycles. The van der Waals surface area contributed by atoms with Crippen LogP contribution in [0.15, 0.2) is 18.2 Å². The van der Waals surface area contributed by atoms with Crippen molar-refractivity contribution in [2.45, 2.75) is 6.42 Å². The van der Waals surface area contributed by atoms with Crippen molar-refractivity contribution in [2.75, 3.05) is 7.11 Å². The van der Waals surface area contributed by atoms with Crippen LogP contribution in [-0.2, 0) is 11.2 Å². The number of nitrogens with zero attached hydrogens (tertiary/aromatic N) is 2. The van der Waals surface area contributed by atoms with Gasteiger partial charge in [0.1, 0.15) is 0 Å². The van der Waals surface area contributed by atoms with Crippen LogP contribution in [0.2, 0.25) is 0 Å². The summed E-state index contributed by atoms with van der Waals surface area (Å²) in [5, 5.41) is 19.2. The SMILES string of the molecule is COC(=O)c1ccc([N+](=O)[O-])c(CC#N)c1. The molecule has 0 radical (unpaired) electrons. The second-order valence-corrected chi connectivity index (χ2v) is 2.93. The quantitative estimate of drug-likeness (QED) is 0.436. The van der Waals surface area contributed by atoms with Crippen LogP contribution in [0.3, 0.4) is 0 Å². The average Bonchev–Trinajstić information content (AvgIpc) is 2.28. The van der Waals surface area contributed by atoms with Crippen molar-refractivity contribution < 1.29 is 14.5 Å². The number of hydrogen-bond donors (Lipinski definition) is 0. The lowest BCUT2D eigenvalue weighted by Crippen LogP contribution is -2.03. The van der Waals surface area contributed by atoms with Gasteiger partial charge in [0.2, 0.25) is 0 Å². The van der Waals surface area contributed by atoms with E-state index in [0.29, 0.717) is 0 Å². The summed E-state index contributed by atoms with van der Waals surface area (Å²) in [7, 11) is 1.22. The molecule has 0 aliphatic rings. The average molecular weight is 220 g/mol. The molecule has 0 saturated carbocycles. The summed E-state index contributed by atoms with van der Waals surface area (Å²) < 4.78 is 4.48. The highest BCUT2D eigenvalue weighted by atomic mass is 16.6. The van der Waals surface area contributed by atoms with Crippen LogP contribution in [0.1, 0.15) is 15.9 Å². The van der Waals surface area contributed by atoms with E-state index >= 15 is 0 Å². The fourth-order valence-corrected chi connectivity index (χ4v) is 1.24. The van der Waals surface area contributed by atoms with Gasteiger partial charge in [-0.1, -0.05) is 0 Å². The first kappa shape index (κ1) is 11.7. The third-order valence-electron chi connectivity index (χ3n) is 1.97. The van der Waals surface area contributed by atoms with Gasteiger partial charge in [-0.25, -0.2) is 4.79 Å². The van der Waals surface area contributed by atoms with Crippen molar-refractivity contribution in [2.24, 2.45) is 0 Å². The second kappa shape index (κ2) is 4.89. The Kier molecular flexibility index (Phi) is 3.56. The molecule has 6 heteroatoms. The fourth-order valence-electron chi connectivity index (χ4n) is 1.24. The number of benzene rings is 1. The second-order valence-electron chi connectivity index (χ2n) is 2.93. The molecule has 0 aromatic heterocycles. The van der Waals surface area contributed by atoms with Crippen LogP contribution in [0.5, 0.6) is 0 Å². The number of carbonyl (C=O) groups excluding carboxylic acids is 1. The van der Waals surface area contributed by atoms with Crippen molar-refractivity contribution in [3.8, 4) is 6.07 Å². The molecule has 6 nitrogen and oxygen atoms in total. The Labute approximate surface area is 91.2 Å². The number of nitro groups is 1. The lowest BCUT2D eigenvalue weighted by Gasteiger charge is -2.02. The first-order chi connectivity index (χ1) is 7.60. The summed E-state index contributed by atoms with van der Waals surface area (Å²) >= 11 is 0. The molecule has 0 N–H and O–H groups in total. The Balaban J connectivity index is 3.23. The van der Waals surface area contributed by atoms with Gasteiger partial charge in [0.15, 0.2) is 0 Å². The summed E-state index contributed by atoms with van der Waals surface area (Å²) in [6.45, 7) is 0. The van der Waals surface area contributed by atoms with Crippen molar-refractivity contribution in [1.29, 1.82) is 5.26 Å². The molecule has 1 rings (SSSR count). The van der Waals surface area contributed by atoms with Crippen LogP contribution >= 0.6 is 0 Å². The van der Waals surface area contributed by atoms with E-state index < -0.39 is 10.9 Å². The molecule has 82 valence electrons. The van der Waals surface area contributed by atoms with Crippen molar-refractivity contribution in [1.82, 2.24) is 0 Å². The number of nitriles is 1. The van der Waals surface area contributed by atoms with Crippen molar-refractivity contribution in [3.63, 3.8) is 0 Å². The van der Waals surface area contributed by atoms with Gasteiger partial charge in [0.25, 0.3) is 5.69 Å². The first-order valence-electron chi connectivity index (χ1n) is 4.32. The number of nitro benzene ring substituents is 1. The van der Waals surface area contributed by atoms with Gasteiger partial charge in [-0.15, -0.1) is 0 Å². The largest absolute Gasteiger partial charge is 0.465 e. The summed E-state index contributed by atoms with van der Waals surface area (Å²) in [6.07, 6.45) is -0.124. The normalized spacial score (nSPS) is 9.25.